The van der Waals surface area contributed by atoms with Gasteiger partial charge >= 0.3 is 5.63 Å². The first-order valence-corrected chi connectivity index (χ1v) is 7.99. The summed E-state index contributed by atoms with van der Waals surface area (Å²) in [5.41, 5.74) is 0.635. The van der Waals surface area contributed by atoms with Crippen molar-refractivity contribution in [2.75, 3.05) is 0 Å². The standard InChI is InChI=1S/C16H13N3O5S/c1-9-5-14(20)12(15(21)24-9)7-17-16-18-13(8-25-16)10-3-2-4-11(6-10)19(22)23/h2-8,19-20,22H,1H3/b17-7+. The van der Waals surface area contributed by atoms with Crippen molar-refractivity contribution < 1.29 is 20.0 Å². The average Bonchev–Trinajstić information content (AvgIpc) is 3.03. The predicted molar refractivity (Wildman–Crippen MR) is 92.0 cm³/mol. The van der Waals surface area contributed by atoms with Crippen LogP contribution in [0, 0.1) is 12.1 Å². The van der Waals surface area contributed by atoms with Gasteiger partial charge in [0.05, 0.1) is 5.69 Å². The van der Waals surface area contributed by atoms with Gasteiger partial charge in [0.15, 0.2) is 5.69 Å². The van der Waals surface area contributed by atoms with E-state index in [1.165, 1.54) is 35.8 Å². The summed E-state index contributed by atoms with van der Waals surface area (Å²) in [4.78, 5) is 20.1. The van der Waals surface area contributed by atoms with E-state index in [1.807, 2.05) is 0 Å². The first-order valence-electron chi connectivity index (χ1n) is 7.11. The summed E-state index contributed by atoms with van der Waals surface area (Å²) in [6.45, 7) is 1.56. The molecule has 0 aliphatic carbocycles. The summed E-state index contributed by atoms with van der Waals surface area (Å²) in [7, 11) is 0. The van der Waals surface area contributed by atoms with Crippen molar-refractivity contribution in [2.24, 2.45) is 4.99 Å². The summed E-state index contributed by atoms with van der Waals surface area (Å²) in [6, 6.07) is 7.72. The molecule has 3 aromatic rings. The predicted octanol–water partition coefficient (Wildman–Crippen LogP) is 1.93. The normalized spacial score (nSPS) is 12.6. The van der Waals surface area contributed by atoms with Crippen LogP contribution in [0.3, 0.4) is 0 Å². The SMILES string of the molecule is Cc1cc(O)c(/C=N/c2nc(-c3cccc([NH+]([O-])O)c3)cs2)c(=O)o1. The molecule has 9 heteroatoms. The Bertz CT molecular complexity index is 993. The Labute approximate surface area is 145 Å². The van der Waals surface area contributed by atoms with E-state index in [-0.39, 0.29) is 17.0 Å². The molecule has 0 amide bonds. The fourth-order valence-electron chi connectivity index (χ4n) is 2.11. The number of nitrogens with one attached hydrogen (secondary N) is 1. The molecule has 3 N–H and O–H groups in total. The number of nitrogens with zero attached hydrogens (tertiary/aromatic N) is 2. The molecule has 128 valence electrons. The number of aromatic hydroxyl groups is 1. The van der Waals surface area contributed by atoms with Crippen molar-refractivity contribution in [3.63, 3.8) is 0 Å². The molecule has 0 aliphatic heterocycles. The zero-order valence-electron chi connectivity index (χ0n) is 13.0. The molecule has 2 aromatic heterocycles. The lowest BCUT2D eigenvalue weighted by Gasteiger charge is -2.11. The Kier molecular flexibility index (Phi) is 4.72. The third-order valence-corrected chi connectivity index (χ3v) is 4.04. The van der Waals surface area contributed by atoms with E-state index in [0.717, 1.165) is 0 Å². The first kappa shape index (κ1) is 17.0. The molecule has 8 nitrogen and oxygen atoms in total. The topological polar surface area (TPSA) is 123 Å². The molecule has 2 heterocycles. The number of thiazole rings is 1. The molecule has 0 saturated heterocycles. The van der Waals surface area contributed by atoms with Crippen molar-refractivity contribution in [1.82, 2.24) is 4.98 Å². The number of aliphatic imine (C=N–C) groups is 1. The molecule has 0 radical (unpaired) electrons. The van der Waals surface area contributed by atoms with Crippen LogP contribution in [0.1, 0.15) is 11.3 Å². The Morgan fingerprint density at radius 3 is 2.92 bits per heavy atom. The van der Waals surface area contributed by atoms with Gasteiger partial charge in [0.1, 0.15) is 17.1 Å². The molecule has 0 fully saturated rings. The molecule has 1 unspecified atom stereocenters. The maximum absolute atomic E-state index is 11.7. The van der Waals surface area contributed by atoms with E-state index in [1.54, 1.807) is 24.4 Å². The fraction of sp³-hybridized carbons (Fsp3) is 0.0625. The number of rotatable bonds is 4. The molecular weight excluding hydrogens is 346 g/mol. The van der Waals surface area contributed by atoms with Crippen molar-refractivity contribution >= 4 is 28.4 Å². The molecule has 1 atom stereocenters. The Morgan fingerprint density at radius 2 is 2.20 bits per heavy atom. The number of quaternary nitrogens is 1. The van der Waals surface area contributed by atoms with Gasteiger partial charge in [-0.15, -0.1) is 11.3 Å². The smallest absolute Gasteiger partial charge is 0.348 e. The van der Waals surface area contributed by atoms with Gasteiger partial charge < -0.3 is 14.7 Å². The molecule has 0 aliphatic rings. The molecule has 25 heavy (non-hydrogen) atoms. The van der Waals surface area contributed by atoms with Crippen molar-refractivity contribution in [3.05, 3.63) is 62.7 Å². The van der Waals surface area contributed by atoms with Gasteiger partial charge in [-0.1, -0.05) is 12.1 Å². The lowest BCUT2D eigenvalue weighted by atomic mass is 10.1. The van der Waals surface area contributed by atoms with Crippen LogP contribution in [0.5, 0.6) is 5.75 Å². The summed E-state index contributed by atoms with van der Waals surface area (Å²) in [6.07, 6.45) is 1.19. The van der Waals surface area contributed by atoms with Crippen LogP contribution in [0.4, 0.5) is 10.8 Å². The molecule has 0 bridgehead atoms. The van der Waals surface area contributed by atoms with Gasteiger partial charge in [0.25, 0.3) is 0 Å². The highest BCUT2D eigenvalue weighted by molar-refractivity contribution is 7.13. The Morgan fingerprint density at radius 1 is 1.40 bits per heavy atom. The van der Waals surface area contributed by atoms with E-state index in [9.17, 15) is 15.1 Å². The minimum Gasteiger partial charge on any atom is -0.595 e. The second-order valence-electron chi connectivity index (χ2n) is 5.10. The summed E-state index contributed by atoms with van der Waals surface area (Å²) >= 11 is 1.22. The lowest BCUT2D eigenvalue weighted by Crippen LogP contribution is -2.99. The van der Waals surface area contributed by atoms with Gasteiger partial charge in [0.2, 0.25) is 5.13 Å². The van der Waals surface area contributed by atoms with Gasteiger partial charge in [-0.05, 0) is 6.92 Å². The van der Waals surface area contributed by atoms with Gasteiger partial charge in [-0.25, -0.2) is 20.0 Å². The summed E-state index contributed by atoms with van der Waals surface area (Å²) in [5, 5.41) is 30.9. The van der Waals surface area contributed by atoms with Crippen LogP contribution in [0.2, 0.25) is 0 Å². The highest BCUT2D eigenvalue weighted by Gasteiger charge is 2.09. The van der Waals surface area contributed by atoms with E-state index in [4.69, 9.17) is 9.62 Å². The molecule has 0 spiro atoms. The maximum Gasteiger partial charge on any atom is 0.348 e. The number of aromatic nitrogens is 1. The second kappa shape index (κ2) is 6.95. The zero-order chi connectivity index (χ0) is 18.0. The summed E-state index contributed by atoms with van der Waals surface area (Å²) in [5.74, 6) is 0.0814. The number of aryl methyl sites for hydroxylation is 1. The van der Waals surface area contributed by atoms with Crippen LogP contribution in [-0.2, 0) is 0 Å². The maximum atomic E-state index is 11.7. The van der Waals surface area contributed by atoms with E-state index in [0.29, 0.717) is 22.1 Å². The average molecular weight is 359 g/mol. The van der Waals surface area contributed by atoms with Crippen LogP contribution >= 0.6 is 11.3 Å². The van der Waals surface area contributed by atoms with E-state index >= 15 is 0 Å². The zero-order valence-corrected chi connectivity index (χ0v) is 13.8. The largest absolute Gasteiger partial charge is 0.595 e. The van der Waals surface area contributed by atoms with E-state index < -0.39 is 10.9 Å². The monoisotopic (exact) mass is 359 g/mol. The second-order valence-corrected chi connectivity index (χ2v) is 5.94. The summed E-state index contributed by atoms with van der Waals surface area (Å²) < 4.78 is 4.91. The minimum atomic E-state index is -1.02. The quantitative estimate of drug-likeness (QED) is 0.483. The highest BCUT2D eigenvalue weighted by Crippen LogP contribution is 2.27. The highest BCUT2D eigenvalue weighted by atomic mass is 32.1. The molecule has 0 saturated carbocycles. The molecular formula is C16H13N3O5S. The Hall–Kier alpha value is -2.85. The Balaban J connectivity index is 1.88. The van der Waals surface area contributed by atoms with E-state index in [2.05, 4.69) is 9.98 Å². The van der Waals surface area contributed by atoms with Crippen molar-refractivity contribution in [1.29, 1.82) is 0 Å². The molecule has 3 rings (SSSR count). The van der Waals surface area contributed by atoms with Gasteiger partial charge in [-0.2, -0.15) is 5.23 Å². The van der Waals surface area contributed by atoms with Crippen molar-refractivity contribution in [2.45, 2.75) is 6.92 Å². The van der Waals surface area contributed by atoms with Crippen LogP contribution in [-0.4, -0.2) is 21.5 Å². The van der Waals surface area contributed by atoms with Crippen LogP contribution in [0.25, 0.3) is 11.3 Å². The number of hydrogen-bond acceptors (Lipinski definition) is 8. The first-order chi connectivity index (χ1) is 11.9. The van der Waals surface area contributed by atoms with Gasteiger partial charge in [0, 0.05) is 35.4 Å². The van der Waals surface area contributed by atoms with Crippen molar-refractivity contribution in [3.8, 4) is 17.0 Å². The minimum absolute atomic E-state index is 0.0600. The fourth-order valence-corrected chi connectivity index (χ4v) is 2.78. The molecule has 1 aromatic carbocycles. The third-order valence-electron chi connectivity index (χ3n) is 3.29. The number of hydrogen-bond donors (Lipinski definition) is 3. The van der Waals surface area contributed by atoms with Gasteiger partial charge in [-0.3, -0.25) is 0 Å². The third kappa shape index (κ3) is 3.80. The number of benzene rings is 1. The van der Waals surface area contributed by atoms with Crippen LogP contribution < -0.4 is 10.9 Å². The van der Waals surface area contributed by atoms with Crippen LogP contribution in [0.15, 0.2) is 49.9 Å². The lowest BCUT2D eigenvalue weighted by molar-refractivity contribution is -0.991.